The number of amides is 1. The zero-order valence-electron chi connectivity index (χ0n) is 10.1. The summed E-state index contributed by atoms with van der Waals surface area (Å²) in [5, 5.41) is 0.449. The normalized spacial score (nSPS) is 19.4. The van der Waals surface area contributed by atoms with Crippen molar-refractivity contribution in [3.63, 3.8) is 0 Å². The van der Waals surface area contributed by atoms with Gasteiger partial charge in [0.1, 0.15) is 11.0 Å². The summed E-state index contributed by atoms with van der Waals surface area (Å²) < 4.78 is 0. The van der Waals surface area contributed by atoms with Crippen molar-refractivity contribution in [1.82, 2.24) is 4.98 Å². The van der Waals surface area contributed by atoms with Gasteiger partial charge in [-0.2, -0.15) is 0 Å². The Hall–Kier alpha value is -1.07. The highest BCUT2D eigenvalue weighted by Gasteiger charge is 2.32. The molecule has 0 aliphatic carbocycles. The van der Waals surface area contributed by atoms with Gasteiger partial charge in [-0.1, -0.05) is 29.4 Å². The van der Waals surface area contributed by atoms with Crippen LogP contribution in [-0.2, 0) is 9.59 Å². The number of hydrogen-bond donors (Lipinski definition) is 0. The Morgan fingerprint density at radius 1 is 1.56 bits per heavy atom. The van der Waals surface area contributed by atoms with Crippen molar-refractivity contribution >= 4 is 40.2 Å². The summed E-state index contributed by atoms with van der Waals surface area (Å²) in [6.07, 6.45) is 0.372. The fourth-order valence-electron chi connectivity index (χ4n) is 1.85. The van der Waals surface area contributed by atoms with Crippen LogP contribution < -0.4 is 4.90 Å². The molecule has 1 atom stereocenters. The van der Waals surface area contributed by atoms with Gasteiger partial charge < -0.3 is 0 Å². The fourth-order valence-corrected chi connectivity index (χ4v) is 2.92. The molecule has 0 aromatic carbocycles. The molecule has 4 nitrogen and oxygen atoms in total. The molecule has 1 amide bonds. The Morgan fingerprint density at radius 3 is 2.89 bits per heavy atom. The second-order valence-corrected chi connectivity index (χ2v) is 6.05. The van der Waals surface area contributed by atoms with Crippen molar-refractivity contribution in [2.75, 3.05) is 11.4 Å². The van der Waals surface area contributed by atoms with Crippen LogP contribution in [0.4, 0.5) is 5.82 Å². The summed E-state index contributed by atoms with van der Waals surface area (Å²) in [6, 6.07) is 3.61. The molecule has 1 aromatic rings. The summed E-state index contributed by atoms with van der Waals surface area (Å²) in [4.78, 5) is 28.7. The Labute approximate surface area is 115 Å². The number of anilines is 1. The van der Waals surface area contributed by atoms with E-state index in [1.165, 1.54) is 18.7 Å². The van der Waals surface area contributed by atoms with Crippen LogP contribution in [0, 0.1) is 6.92 Å². The van der Waals surface area contributed by atoms with Gasteiger partial charge in [0.2, 0.25) is 5.91 Å². The first-order chi connectivity index (χ1) is 8.47. The average molecular weight is 285 g/mol. The van der Waals surface area contributed by atoms with E-state index in [0.717, 1.165) is 5.56 Å². The number of aromatic nitrogens is 1. The number of thioether (sulfide) groups is 1. The fraction of sp³-hybridized carbons (Fsp3) is 0.417. The maximum atomic E-state index is 11.9. The largest absolute Gasteiger partial charge is 0.296 e. The highest BCUT2D eigenvalue weighted by molar-refractivity contribution is 8.14. The molecule has 0 spiro atoms. The van der Waals surface area contributed by atoms with E-state index in [2.05, 4.69) is 4.98 Å². The predicted molar refractivity (Wildman–Crippen MR) is 73.0 cm³/mol. The predicted octanol–water partition coefficient (Wildman–Crippen LogP) is 2.43. The van der Waals surface area contributed by atoms with Crippen molar-refractivity contribution in [1.29, 1.82) is 0 Å². The van der Waals surface area contributed by atoms with Crippen LogP contribution in [0.1, 0.15) is 18.9 Å². The molecule has 1 aliphatic heterocycles. The van der Waals surface area contributed by atoms with E-state index in [0.29, 0.717) is 23.9 Å². The second-order valence-electron chi connectivity index (χ2n) is 4.22. The molecule has 18 heavy (non-hydrogen) atoms. The lowest BCUT2D eigenvalue weighted by Crippen LogP contribution is -2.26. The van der Waals surface area contributed by atoms with E-state index in [1.54, 1.807) is 11.0 Å². The van der Waals surface area contributed by atoms with Crippen LogP contribution in [0.25, 0.3) is 0 Å². The lowest BCUT2D eigenvalue weighted by Gasteiger charge is -2.15. The van der Waals surface area contributed by atoms with Gasteiger partial charge in [0, 0.05) is 25.1 Å². The maximum absolute atomic E-state index is 11.9. The van der Waals surface area contributed by atoms with Crippen LogP contribution in [0.5, 0.6) is 0 Å². The van der Waals surface area contributed by atoms with Crippen LogP contribution in [0.3, 0.4) is 0 Å². The van der Waals surface area contributed by atoms with Gasteiger partial charge in [0.05, 0.1) is 0 Å². The highest BCUT2D eigenvalue weighted by Crippen LogP contribution is 2.28. The Bertz CT molecular complexity index is 507. The van der Waals surface area contributed by atoms with Gasteiger partial charge in [-0.3, -0.25) is 14.5 Å². The zero-order chi connectivity index (χ0) is 13.3. The third-order valence-electron chi connectivity index (χ3n) is 2.72. The third kappa shape index (κ3) is 2.84. The van der Waals surface area contributed by atoms with E-state index in [-0.39, 0.29) is 16.3 Å². The Kier molecular flexibility index (Phi) is 3.92. The molecule has 96 valence electrons. The third-order valence-corrected chi connectivity index (χ3v) is 4.08. The summed E-state index contributed by atoms with van der Waals surface area (Å²) in [5.41, 5.74) is 0.877. The number of pyridine rings is 1. The molecule has 1 aliphatic rings. The molecule has 0 N–H and O–H groups in total. The number of rotatable bonds is 2. The van der Waals surface area contributed by atoms with Crippen molar-refractivity contribution in [2.24, 2.45) is 0 Å². The van der Waals surface area contributed by atoms with E-state index in [4.69, 9.17) is 11.6 Å². The van der Waals surface area contributed by atoms with E-state index < -0.39 is 0 Å². The van der Waals surface area contributed by atoms with Crippen molar-refractivity contribution < 1.29 is 9.59 Å². The van der Waals surface area contributed by atoms with Gasteiger partial charge in [-0.25, -0.2) is 4.98 Å². The lowest BCUT2D eigenvalue weighted by atomic mass is 10.3. The molecule has 0 bridgehead atoms. The van der Waals surface area contributed by atoms with Crippen LogP contribution in [0.15, 0.2) is 12.1 Å². The van der Waals surface area contributed by atoms with Crippen LogP contribution in [0.2, 0.25) is 5.15 Å². The maximum Gasteiger partial charge on any atom is 0.229 e. The SMILES string of the molecule is CC(=O)SC1CC(=O)N(c2ccc(C)c(Cl)n2)C1. The molecule has 0 saturated carbocycles. The number of carbonyl (C=O) groups is 2. The van der Waals surface area contributed by atoms with Crippen molar-refractivity contribution in [3.05, 3.63) is 22.8 Å². The molecule has 6 heteroatoms. The molecular weight excluding hydrogens is 272 g/mol. The van der Waals surface area contributed by atoms with E-state index >= 15 is 0 Å². The molecule has 1 unspecified atom stereocenters. The number of hydrogen-bond acceptors (Lipinski definition) is 4. The molecule has 2 rings (SSSR count). The monoisotopic (exact) mass is 284 g/mol. The smallest absolute Gasteiger partial charge is 0.229 e. The quantitative estimate of drug-likeness (QED) is 0.783. The van der Waals surface area contributed by atoms with Crippen LogP contribution >= 0.6 is 23.4 Å². The number of nitrogens with zero attached hydrogens (tertiary/aromatic N) is 2. The Morgan fingerprint density at radius 2 is 2.28 bits per heavy atom. The van der Waals surface area contributed by atoms with Gasteiger partial charge >= 0.3 is 0 Å². The molecule has 0 radical (unpaired) electrons. The first-order valence-corrected chi connectivity index (χ1v) is 6.84. The minimum absolute atomic E-state index is 0.0110. The molecule has 1 fully saturated rings. The Balaban J connectivity index is 2.16. The van der Waals surface area contributed by atoms with Crippen LogP contribution in [-0.4, -0.2) is 27.8 Å². The van der Waals surface area contributed by atoms with E-state index in [9.17, 15) is 9.59 Å². The first kappa shape index (κ1) is 13.4. The molecule has 2 heterocycles. The summed E-state index contributed by atoms with van der Waals surface area (Å²) in [5.74, 6) is 0.545. The average Bonchev–Trinajstić information content (AvgIpc) is 2.62. The number of aryl methyl sites for hydroxylation is 1. The van der Waals surface area contributed by atoms with Gasteiger partial charge in [-0.15, -0.1) is 0 Å². The van der Waals surface area contributed by atoms with Crippen molar-refractivity contribution in [2.45, 2.75) is 25.5 Å². The summed E-state index contributed by atoms with van der Waals surface area (Å²) >= 11 is 7.16. The summed E-state index contributed by atoms with van der Waals surface area (Å²) in [6.45, 7) is 3.88. The van der Waals surface area contributed by atoms with Gasteiger partial charge in [0.15, 0.2) is 5.12 Å². The van der Waals surface area contributed by atoms with E-state index in [1.807, 2.05) is 13.0 Å². The number of carbonyl (C=O) groups excluding carboxylic acids is 2. The minimum Gasteiger partial charge on any atom is -0.296 e. The molecule has 1 aromatic heterocycles. The summed E-state index contributed by atoms with van der Waals surface area (Å²) in [7, 11) is 0. The lowest BCUT2D eigenvalue weighted by molar-refractivity contribution is -0.117. The standard InChI is InChI=1S/C12H13ClN2O2S/c1-7-3-4-10(14-12(7)13)15-6-9(5-11(15)17)18-8(2)16/h3-4,9H,5-6H2,1-2H3. The molecule has 1 saturated heterocycles. The van der Waals surface area contributed by atoms with Crippen molar-refractivity contribution in [3.8, 4) is 0 Å². The highest BCUT2D eigenvalue weighted by atomic mass is 35.5. The topological polar surface area (TPSA) is 50.3 Å². The van der Waals surface area contributed by atoms with Gasteiger partial charge in [0.25, 0.3) is 0 Å². The number of halogens is 1. The first-order valence-electron chi connectivity index (χ1n) is 5.58. The second kappa shape index (κ2) is 5.28. The minimum atomic E-state index is -0.0128. The van der Waals surface area contributed by atoms with Gasteiger partial charge in [-0.05, 0) is 18.6 Å². The zero-order valence-corrected chi connectivity index (χ0v) is 11.7. The molecular formula is C12H13ClN2O2S.